The van der Waals surface area contributed by atoms with Gasteiger partial charge in [0.2, 0.25) is 5.89 Å². The van der Waals surface area contributed by atoms with Gasteiger partial charge in [-0.05, 0) is 86.5 Å². The third kappa shape index (κ3) is 3.17. The van der Waals surface area contributed by atoms with Crippen molar-refractivity contribution in [2.75, 3.05) is 0 Å². The second-order valence-electron chi connectivity index (χ2n) is 14.9. The van der Waals surface area contributed by atoms with Crippen LogP contribution in [0.5, 0.6) is 0 Å². The van der Waals surface area contributed by atoms with Crippen molar-refractivity contribution in [1.29, 1.82) is 5.26 Å². The zero-order chi connectivity index (χ0) is 27.5. The van der Waals surface area contributed by atoms with Gasteiger partial charge in [0.05, 0.1) is 11.0 Å². The smallest absolute Gasteiger partial charge is 0.233 e. The summed E-state index contributed by atoms with van der Waals surface area (Å²) < 4.78 is 5.86. The first-order chi connectivity index (χ1) is 17.7. The Morgan fingerprint density at radius 3 is 2.39 bits per heavy atom. The van der Waals surface area contributed by atoms with E-state index in [2.05, 4.69) is 38.9 Å². The van der Waals surface area contributed by atoms with Gasteiger partial charge in [-0.25, -0.2) is 0 Å². The lowest BCUT2D eigenvalue weighted by Gasteiger charge is -2.64. The van der Waals surface area contributed by atoms with Crippen LogP contribution in [0.25, 0.3) is 0 Å². The summed E-state index contributed by atoms with van der Waals surface area (Å²) in [5.74, 6) is 1.91. The number of carbonyl (C=O) groups excluding carboxylic acids is 2. The molecule has 6 nitrogen and oxygen atoms in total. The van der Waals surface area contributed by atoms with Crippen molar-refractivity contribution in [2.24, 2.45) is 45.3 Å². The van der Waals surface area contributed by atoms with Gasteiger partial charge in [0.1, 0.15) is 6.07 Å². The van der Waals surface area contributed by atoms with E-state index in [1.807, 2.05) is 32.9 Å². The van der Waals surface area contributed by atoms with Crippen LogP contribution in [0.3, 0.4) is 0 Å². The number of allylic oxidation sites excluding steroid dienone is 4. The molecule has 0 bridgehead atoms. The molecule has 5 aliphatic carbocycles. The predicted molar refractivity (Wildman–Crippen MR) is 143 cm³/mol. The first-order valence-corrected chi connectivity index (χ1v) is 14.4. The number of carbonyl (C=O) groups is 2. The number of hydrogen-bond acceptors (Lipinski definition) is 6. The average Bonchev–Trinajstić information content (AvgIpc) is 3.29. The number of ketones is 2. The van der Waals surface area contributed by atoms with Crippen LogP contribution >= 0.6 is 0 Å². The van der Waals surface area contributed by atoms with Gasteiger partial charge in [-0.15, -0.1) is 0 Å². The van der Waals surface area contributed by atoms with E-state index in [1.54, 1.807) is 0 Å². The number of aryl methyl sites for hydroxylation is 1. The van der Waals surface area contributed by atoms with E-state index in [9.17, 15) is 14.9 Å². The van der Waals surface area contributed by atoms with Crippen LogP contribution in [0.2, 0.25) is 0 Å². The fourth-order valence-electron chi connectivity index (χ4n) is 10.1. The second-order valence-corrected chi connectivity index (χ2v) is 14.9. The van der Waals surface area contributed by atoms with Gasteiger partial charge in [-0.3, -0.25) is 9.59 Å². The zero-order valence-corrected chi connectivity index (χ0v) is 24.0. The highest BCUT2D eigenvalue weighted by Gasteiger charge is 2.66. The Morgan fingerprint density at radius 2 is 1.74 bits per heavy atom. The number of hydrogen-bond donors (Lipinski definition) is 0. The van der Waals surface area contributed by atoms with E-state index in [1.165, 1.54) is 0 Å². The van der Waals surface area contributed by atoms with Gasteiger partial charge < -0.3 is 4.52 Å². The minimum Gasteiger partial charge on any atom is -0.339 e. The molecule has 3 saturated carbocycles. The summed E-state index contributed by atoms with van der Waals surface area (Å²) in [5, 5.41) is 14.0. The molecule has 38 heavy (non-hydrogen) atoms. The van der Waals surface area contributed by atoms with E-state index in [0.717, 1.165) is 56.4 Å². The summed E-state index contributed by atoms with van der Waals surface area (Å²) in [6, 6.07) is 2.19. The van der Waals surface area contributed by atoms with Crippen molar-refractivity contribution in [3.05, 3.63) is 35.0 Å². The van der Waals surface area contributed by atoms with Crippen molar-refractivity contribution >= 4 is 11.6 Å². The Morgan fingerprint density at radius 1 is 1.00 bits per heavy atom. The number of rotatable bonds is 1. The molecule has 0 N–H and O–H groups in total. The Hall–Kier alpha value is -2.55. The lowest BCUT2D eigenvalue weighted by Crippen LogP contribution is -2.61. The van der Waals surface area contributed by atoms with Crippen molar-refractivity contribution < 1.29 is 14.1 Å². The Kier molecular flexibility index (Phi) is 5.26. The molecule has 1 aromatic rings. The second kappa shape index (κ2) is 7.77. The van der Waals surface area contributed by atoms with Crippen LogP contribution in [-0.2, 0) is 15.0 Å². The number of nitriles is 1. The number of Topliss-reactive ketones (excluding diaryl/α,β-unsaturated/α-hetero) is 1. The number of nitrogens with zero attached hydrogens (tertiary/aromatic N) is 3. The molecule has 6 heteroatoms. The van der Waals surface area contributed by atoms with E-state index in [0.29, 0.717) is 5.82 Å². The molecule has 0 amide bonds. The molecule has 202 valence electrons. The number of aromatic nitrogens is 2. The Labute approximate surface area is 226 Å². The minimum atomic E-state index is -0.637. The fraction of sp³-hybridized carbons (Fsp3) is 0.719. The minimum absolute atomic E-state index is 0.0616. The highest BCUT2D eigenvalue weighted by atomic mass is 16.5. The summed E-state index contributed by atoms with van der Waals surface area (Å²) in [4.78, 5) is 32.3. The molecule has 3 fully saturated rings. The van der Waals surface area contributed by atoms with Crippen molar-refractivity contribution in [3.8, 4) is 6.07 Å². The monoisotopic (exact) mass is 515 g/mol. The molecule has 5 aliphatic rings. The maximum Gasteiger partial charge on any atom is 0.233 e. The van der Waals surface area contributed by atoms with Crippen LogP contribution in [0, 0.1) is 63.6 Å². The highest BCUT2D eigenvalue weighted by Crippen LogP contribution is 2.70. The molecule has 0 aliphatic heterocycles. The average molecular weight is 516 g/mol. The van der Waals surface area contributed by atoms with Crippen LogP contribution in [0.1, 0.15) is 98.2 Å². The molecule has 4 unspecified atom stereocenters. The van der Waals surface area contributed by atoms with Gasteiger partial charge in [0, 0.05) is 16.7 Å². The first kappa shape index (κ1) is 25.7. The fourth-order valence-corrected chi connectivity index (χ4v) is 10.1. The SMILES string of the molecule is Cc1noc([C@@]23CCC4C(C(=O)C=C5[C@@]6(C)C=C(C#N)C(=O)C(C)(C)C6CC[C@]54C)C2CC(C)(C)CC3)n1. The summed E-state index contributed by atoms with van der Waals surface area (Å²) in [7, 11) is 0. The van der Waals surface area contributed by atoms with Gasteiger partial charge in [-0.2, -0.15) is 10.2 Å². The molecule has 0 spiro atoms. The van der Waals surface area contributed by atoms with Crippen LogP contribution in [0.4, 0.5) is 0 Å². The highest BCUT2D eigenvalue weighted by molar-refractivity contribution is 6.04. The van der Waals surface area contributed by atoms with Gasteiger partial charge in [-0.1, -0.05) is 58.3 Å². The van der Waals surface area contributed by atoms with Crippen LogP contribution < -0.4 is 0 Å². The van der Waals surface area contributed by atoms with Crippen molar-refractivity contribution in [2.45, 2.75) is 98.8 Å². The third-order valence-electron chi connectivity index (χ3n) is 12.0. The predicted octanol–water partition coefficient (Wildman–Crippen LogP) is 6.46. The largest absolute Gasteiger partial charge is 0.339 e. The molecule has 6 rings (SSSR count). The molecule has 1 heterocycles. The molecule has 0 aromatic carbocycles. The van der Waals surface area contributed by atoms with Gasteiger partial charge in [0.15, 0.2) is 17.4 Å². The maximum absolute atomic E-state index is 14.4. The van der Waals surface area contributed by atoms with Gasteiger partial charge in [0.25, 0.3) is 0 Å². The zero-order valence-electron chi connectivity index (χ0n) is 24.0. The molecule has 7 atom stereocenters. The third-order valence-corrected chi connectivity index (χ3v) is 12.0. The molecule has 1 aromatic heterocycles. The summed E-state index contributed by atoms with van der Waals surface area (Å²) in [5.41, 5.74) is 0.0214. The lowest BCUT2D eigenvalue weighted by molar-refractivity contribution is -0.142. The molecule has 0 radical (unpaired) electrons. The Bertz CT molecular complexity index is 1340. The first-order valence-electron chi connectivity index (χ1n) is 14.4. The molecular weight excluding hydrogens is 474 g/mol. The summed E-state index contributed by atoms with van der Waals surface area (Å²) >= 11 is 0. The summed E-state index contributed by atoms with van der Waals surface area (Å²) in [6.45, 7) is 15.1. The number of fused-ring (bicyclic) bond motifs is 7. The topological polar surface area (TPSA) is 96.9 Å². The van der Waals surface area contributed by atoms with E-state index in [-0.39, 0.29) is 57.1 Å². The van der Waals surface area contributed by atoms with Crippen LogP contribution in [0.15, 0.2) is 27.8 Å². The molecular formula is C32H41N3O3. The van der Waals surface area contributed by atoms with Crippen molar-refractivity contribution in [1.82, 2.24) is 10.1 Å². The van der Waals surface area contributed by atoms with E-state index in [4.69, 9.17) is 9.51 Å². The molecule has 0 saturated heterocycles. The quantitative estimate of drug-likeness (QED) is 0.426. The van der Waals surface area contributed by atoms with Crippen molar-refractivity contribution in [3.63, 3.8) is 0 Å². The standard InChI is InChI=1S/C32H41N3O3/c1-18-34-27(38-35-18)32-11-8-20-25(21(32)16-28(2,3)12-13-32)22(36)14-24-30(20,6)10-9-23-29(4,5)26(37)19(17-33)15-31(23,24)7/h14-15,20-21,23,25H,8-13,16H2,1-7H3/t20?,21?,23?,25?,30-,31-,32+/m0/s1. The normalized spacial score (nSPS) is 43.0. The lowest BCUT2D eigenvalue weighted by atomic mass is 9.38. The van der Waals surface area contributed by atoms with E-state index >= 15 is 0 Å². The Balaban J connectivity index is 1.50. The summed E-state index contributed by atoms with van der Waals surface area (Å²) in [6.07, 6.45) is 10.7. The van der Waals surface area contributed by atoms with Gasteiger partial charge >= 0.3 is 0 Å². The maximum atomic E-state index is 14.4. The van der Waals surface area contributed by atoms with E-state index < -0.39 is 10.8 Å². The van der Waals surface area contributed by atoms with Crippen LogP contribution in [-0.4, -0.2) is 21.7 Å².